The van der Waals surface area contributed by atoms with Gasteiger partial charge in [-0.3, -0.25) is 9.69 Å². The molecule has 0 bridgehead atoms. The predicted molar refractivity (Wildman–Crippen MR) is 119 cm³/mol. The maximum atomic E-state index is 13.6. The molecule has 2 aromatic heterocycles. The highest BCUT2D eigenvalue weighted by atomic mass is 16.4. The average molecular weight is 428 g/mol. The molecule has 0 radical (unpaired) electrons. The molecular formula is C25H24N4O3. The Morgan fingerprint density at radius 1 is 0.844 bits per heavy atom. The number of piperazine rings is 1. The average Bonchev–Trinajstić information content (AvgIpc) is 3.53. The fourth-order valence-electron chi connectivity index (χ4n) is 4.09. The van der Waals surface area contributed by atoms with Crippen LogP contribution in [0.3, 0.4) is 0 Å². The van der Waals surface area contributed by atoms with Crippen molar-refractivity contribution in [3.05, 3.63) is 96.1 Å². The summed E-state index contributed by atoms with van der Waals surface area (Å²) in [5, 5.41) is 8.19. The third-order valence-electron chi connectivity index (χ3n) is 5.75. The van der Waals surface area contributed by atoms with Crippen molar-refractivity contribution < 1.29 is 13.6 Å². The Labute approximate surface area is 186 Å². The smallest absolute Gasteiger partial charge is 0.283 e. The maximum Gasteiger partial charge on any atom is 0.283 e. The molecule has 1 aliphatic rings. The summed E-state index contributed by atoms with van der Waals surface area (Å²) >= 11 is 0. The zero-order valence-corrected chi connectivity index (χ0v) is 17.6. The molecule has 4 aromatic rings. The quantitative estimate of drug-likeness (QED) is 0.465. The van der Waals surface area contributed by atoms with E-state index in [4.69, 9.17) is 8.83 Å². The molecule has 0 aliphatic carbocycles. The second kappa shape index (κ2) is 9.20. The number of nitrogens with zero attached hydrogens (tertiary/aromatic N) is 4. The minimum Gasteiger partial charge on any atom is -0.459 e. The van der Waals surface area contributed by atoms with Gasteiger partial charge in [0.1, 0.15) is 0 Å². The first kappa shape index (κ1) is 20.2. The monoisotopic (exact) mass is 428 g/mol. The normalized spacial score (nSPS) is 14.7. The van der Waals surface area contributed by atoms with Crippen LogP contribution in [-0.2, 0) is 11.3 Å². The number of carbonyl (C=O) groups is 1. The van der Waals surface area contributed by atoms with Crippen LogP contribution in [0.1, 0.15) is 22.9 Å². The highest BCUT2D eigenvalue weighted by Crippen LogP contribution is 2.27. The molecule has 7 heteroatoms. The van der Waals surface area contributed by atoms with Crippen molar-refractivity contribution in [2.24, 2.45) is 0 Å². The van der Waals surface area contributed by atoms with Crippen LogP contribution in [0.4, 0.5) is 0 Å². The number of rotatable bonds is 6. The summed E-state index contributed by atoms with van der Waals surface area (Å²) < 4.78 is 11.0. The van der Waals surface area contributed by atoms with E-state index in [0.717, 1.165) is 24.2 Å². The van der Waals surface area contributed by atoms with E-state index >= 15 is 0 Å². The van der Waals surface area contributed by atoms with E-state index in [1.807, 2.05) is 65.6 Å². The van der Waals surface area contributed by atoms with Gasteiger partial charge in [0.2, 0.25) is 11.8 Å². The zero-order chi connectivity index (χ0) is 21.8. The Kier molecular flexibility index (Phi) is 5.81. The lowest BCUT2D eigenvalue weighted by Crippen LogP contribution is -2.49. The Hall–Kier alpha value is -3.71. The van der Waals surface area contributed by atoms with Crippen molar-refractivity contribution in [3.63, 3.8) is 0 Å². The highest BCUT2D eigenvalue weighted by Gasteiger charge is 2.30. The maximum absolute atomic E-state index is 13.6. The van der Waals surface area contributed by atoms with Crippen molar-refractivity contribution in [1.29, 1.82) is 0 Å². The molecule has 0 spiro atoms. The van der Waals surface area contributed by atoms with Crippen molar-refractivity contribution in [1.82, 2.24) is 20.0 Å². The summed E-state index contributed by atoms with van der Waals surface area (Å²) in [6.45, 7) is 3.37. The standard InChI is InChI=1S/C25H24N4O3/c30-25(23(19-8-3-1-4-9-19)20-10-5-2-6-11-20)29-15-13-28(14-16-29)18-22-26-27-24(32-22)21-12-7-17-31-21/h1-12,17,23H,13-16,18H2. The van der Waals surface area contributed by atoms with Crippen LogP contribution in [0, 0.1) is 0 Å². The first-order chi connectivity index (χ1) is 15.8. The molecule has 7 nitrogen and oxygen atoms in total. The van der Waals surface area contributed by atoms with Crippen molar-refractivity contribution >= 4 is 5.91 Å². The summed E-state index contributed by atoms with van der Waals surface area (Å²) in [6, 6.07) is 23.6. The first-order valence-electron chi connectivity index (χ1n) is 10.8. The molecule has 3 heterocycles. The molecule has 0 unspecified atom stereocenters. The third kappa shape index (κ3) is 4.33. The van der Waals surface area contributed by atoms with Crippen LogP contribution in [0.15, 0.2) is 87.9 Å². The van der Waals surface area contributed by atoms with Gasteiger partial charge in [0, 0.05) is 26.2 Å². The lowest BCUT2D eigenvalue weighted by molar-refractivity contribution is -0.133. The largest absolute Gasteiger partial charge is 0.459 e. The second-order valence-corrected chi connectivity index (χ2v) is 7.83. The number of furan rings is 1. The van der Waals surface area contributed by atoms with Gasteiger partial charge in [0.05, 0.1) is 18.7 Å². The van der Waals surface area contributed by atoms with Crippen molar-refractivity contribution in [2.45, 2.75) is 12.5 Å². The Morgan fingerprint density at radius 2 is 1.50 bits per heavy atom. The highest BCUT2D eigenvalue weighted by molar-refractivity contribution is 5.87. The van der Waals surface area contributed by atoms with Crippen LogP contribution >= 0.6 is 0 Å². The third-order valence-corrected chi connectivity index (χ3v) is 5.75. The summed E-state index contributed by atoms with van der Waals surface area (Å²) in [5.41, 5.74) is 2.03. The molecule has 1 amide bonds. The van der Waals surface area contributed by atoms with Crippen molar-refractivity contribution in [2.75, 3.05) is 26.2 Å². The van der Waals surface area contributed by atoms with E-state index in [-0.39, 0.29) is 11.8 Å². The zero-order valence-electron chi connectivity index (χ0n) is 17.6. The summed E-state index contributed by atoms with van der Waals surface area (Å²) in [5.74, 6) is 1.33. The van der Waals surface area contributed by atoms with E-state index in [9.17, 15) is 4.79 Å². The fourth-order valence-corrected chi connectivity index (χ4v) is 4.09. The number of hydrogen-bond acceptors (Lipinski definition) is 6. The van der Waals surface area contributed by atoms with E-state index in [2.05, 4.69) is 15.1 Å². The number of aromatic nitrogens is 2. The topological polar surface area (TPSA) is 75.6 Å². The molecule has 32 heavy (non-hydrogen) atoms. The first-order valence-corrected chi connectivity index (χ1v) is 10.8. The van der Waals surface area contributed by atoms with Gasteiger partial charge in [-0.05, 0) is 23.3 Å². The fraction of sp³-hybridized carbons (Fsp3) is 0.240. The van der Waals surface area contributed by atoms with Gasteiger partial charge in [-0.15, -0.1) is 10.2 Å². The SMILES string of the molecule is O=C(C(c1ccccc1)c1ccccc1)N1CCN(Cc2nnc(-c3ccco3)o2)CC1. The molecule has 162 valence electrons. The molecular weight excluding hydrogens is 404 g/mol. The van der Waals surface area contributed by atoms with Gasteiger partial charge in [0.15, 0.2) is 5.76 Å². The van der Waals surface area contributed by atoms with Gasteiger partial charge in [-0.1, -0.05) is 60.7 Å². The summed E-state index contributed by atoms with van der Waals surface area (Å²) in [7, 11) is 0. The number of carbonyl (C=O) groups excluding carboxylic acids is 1. The minimum absolute atomic E-state index is 0.139. The lowest BCUT2D eigenvalue weighted by atomic mass is 9.90. The van der Waals surface area contributed by atoms with E-state index in [1.54, 1.807) is 18.4 Å². The Bertz CT molecular complexity index is 1090. The van der Waals surface area contributed by atoms with Crippen LogP contribution in [0.5, 0.6) is 0 Å². The number of amides is 1. The molecule has 1 fully saturated rings. The molecule has 5 rings (SSSR count). The Morgan fingerprint density at radius 3 is 2.09 bits per heavy atom. The minimum atomic E-state index is -0.296. The molecule has 2 aromatic carbocycles. The van der Waals surface area contributed by atoms with Gasteiger partial charge >= 0.3 is 0 Å². The van der Waals surface area contributed by atoms with Gasteiger partial charge in [-0.25, -0.2) is 0 Å². The summed E-state index contributed by atoms with van der Waals surface area (Å²) in [6.07, 6.45) is 1.58. The van der Waals surface area contributed by atoms with Crippen LogP contribution in [-0.4, -0.2) is 52.1 Å². The van der Waals surface area contributed by atoms with Gasteiger partial charge < -0.3 is 13.7 Å². The molecule has 1 saturated heterocycles. The second-order valence-electron chi connectivity index (χ2n) is 7.83. The van der Waals surface area contributed by atoms with E-state index in [0.29, 0.717) is 37.2 Å². The predicted octanol–water partition coefficient (Wildman–Crippen LogP) is 3.81. The van der Waals surface area contributed by atoms with Crippen LogP contribution < -0.4 is 0 Å². The number of hydrogen-bond donors (Lipinski definition) is 0. The van der Waals surface area contributed by atoms with Crippen LogP contribution in [0.25, 0.3) is 11.7 Å². The summed E-state index contributed by atoms with van der Waals surface area (Å²) in [4.78, 5) is 17.7. The van der Waals surface area contributed by atoms with Crippen molar-refractivity contribution in [3.8, 4) is 11.7 Å². The van der Waals surface area contributed by atoms with E-state index < -0.39 is 0 Å². The van der Waals surface area contributed by atoms with Gasteiger partial charge in [0.25, 0.3) is 5.89 Å². The molecule has 0 saturated carbocycles. The Balaban J connectivity index is 1.24. The number of benzene rings is 2. The molecule has 1 aliphatic heterocycles. The molecule has 0 N–H and O–H groups in total. The van der Waals surface area contributed by atoms with E-state index in [1.165, 1.54) is 0 Å². The lowest BCUT2D eigenvalue weighted by Gasteiger charge is -2.36. The molecule has 0 atom stereocenters. The van der Waals surface area contributed by atoms with Crippen LogP contribution in [0.2, 0.25) is 0 Å². The van der Waals surface area contributed by atoms with Gasteiger partial charge in [-0.2, -0.15) is 0 Å².